The van der Waals surface area contributed by atoms with Crippen molar-refractivity contribution in [2.45, 2.75) is 6.92 Å². The number of anilines is 1. The Morgan fingerprint density at radius 3 is 2.90 bits per heavy atom. The van der Waals surface area contributed by atoms with Gasteiger partial charge in [-0.15, -0.1) is 0 Å². The third kappa shape index (κ3) is 1.58. The molecule has 54 valence electrons. The first-order chi connectivity index (χ1) is 4.68. The number of aryl methyl sites for hydroxylation is 1. The molecule has 0 spiro atoms. The van der Waals surface area contributed by atoms with Gasteiger partial charge in [0.05, 0.1) is 11.9 Å². The predicted octanol–water partition coefficient (Wildman–Crippen LogP) is 0.378. The second kappa shape index (κ2) is 2.51. The van der Waals surface area contributed by atoms with E-state index in [4.69, 9.17) is 0 Å². The van der Waals surface area contributed by atoms with Crippen LogP contribution < -0.4 is 5.32 Å². The zero-order chi connectivity index (χ0) is 7.56. The molecule has 0 saturated carbocycles. The van der Waals surface area contributed by atoms with Crippen LogP contribution in [0.1, 0.15) is 6.92 Å². The average molecular weight is 139 g/mol. The zero-order valence-electron chi connectivity index (χ0n) is 5.96. The van der Waals surface area contributed by atoms with Gasteiger partial charge in [-0.25, -0.2) is 0 Å². The van der Waals surface area contributed by atoms with E-state index in [0.717, 1.165) is 5.69 Å². The normalized spacial score (nSPS) is 9.40. The quantitative estimate of drug-likeness (QED) is 0.611. The number of hydrogen-bond donors (Lipinski definition) is 1. The first-order valence-electron chi connectivity index (χ1n) is 2.95. The van der Waals surface area contributed by atoms with Crippen molar-refractivity contribution in [3.8, 4) is 0 Å². The number of nitrogens with zero attached hydrogens (tertiary/aromatic N) is 2. The molecular formula is C6H9N3O. The van der Waals surface area contributed by atoms with Crippen molar-refractivity contribution in [2.75, 3.05) is 5.32 Å². The van der Waals surface area contributed by atoms with Crippen molar-refractivity contribution in [3.05, 3.63) is 12.4 Å². The van der Waals surface area contributed by atoms with Crippen LogP contribution in [0.4, 0.5) is 5.69 Å². The number of carbonyl (C=O) groups is 1. The van der Waals surface area contributed by atoms with Gasteiger partial charge in [0.15, 0.2) is 0 Å². The minimum absolute atomic E-state index is 0.0759. The van der Waals surface area contributed by atoms with Crippen molar-refractivity contribution in [1.82, 2.24) is 9.78 Å². The highest BCUT2D eigenvalue weighted by Gasteiger charge is 1.95. The number of hydrogen-bond acceptors (Lipinski definition) is 2. The Balaban J connectivity index is 2.67. The summed E-state index contributed by atoms with van der Waals surface area (Å²) in [5.74, 6) is -0.0759. The van der Waals surface area contributed by atoms with Crippen LogP contribution in [0, 0.1) is 0 Å². The van der Waals surface area contributed by atoms with Gasteiger partial charge in [0, 0.05) is 20.2 Å². The molecule has 0 radical (unpaired) electrons. The summed E-state index contributed by atoms with van der Waals surface area (Å²) in [7, 11) is 1.80. The van der Waals surface area contributed by atoms with Crippen molar-refractivity contribution in [1.29, 1.82) is 0 Å². The fourth-order valence-electron chi connectivity index (χ4n) is 0.689. The molecule has 1 amide bonds. The Bertz CT molecular complexity index is 241. The molecule has 0 aromatic carbocycles. The van der Waals surface area contributed by atoms with E-state index in [1.807, 2.05) is 0 Å². The highest BCUT2D eigenvalue weighted by molar-refractivity contribution is 5.88. The van der Waals surface area contributed by atoms with Gasteiger partial charge in [0.1, 0.15) is 0 Å². The third-order valence-corrected chi connectivity index (χ3v) is 1.03. The van der Waals surface area contributed by atoms with E-state index in [2.05, 4.69) is 10.4 Å². The summed E-state index contributed by atoms with van der Waals surface area (Å²) in [5, 5.41) is 6.47. The lowest BCUT2D eigenvalue weighted by Gasteiger charge is -1.92. The Labute approximate surface area is 58.8 Å². The van der Waals surface area contributed by atoms with Gasteiger partial charge < -0.3 is 5.32 Å². The highest BCUT2D eigenvalue weighted by atomic mass is 16.1. The van der Waals surface area contributed by atoms with Crippen LogP contribution in [-0.2, 0) is 11.8 Å². The van der Waals surface area contributed by atoms with E-state index in [-0.39, 0.29) is 5.91 Å². The van der Waals surface area contributed by atoms with Gasteiger partial charge >= 0.3 is 0 Å². The van der Waals surface area contributed by atoms with Crippen molar-refractivity contribution in [2.24, 2.45) is 7.05 Å². The SMILES string of the molecule is CC(=O)Nc1cnn(C)c1. The van der Waals surface area contributed by atoms with E-state index in [1.54, 1.807) is 24.1 Å². The van der Waals surface area contributed by atoms with E-state index < -0.39 is 0 Å². The van der Waals surface area contributed by atoms with Crippen LogP contribution in [-0.4, -0.2) is 15.7 Å². The lowest BCUT2D eigenvalue weighted by molar-refractivity contribution is -0.114. The molecule has 0 atom stereocenters. The summed E-state index contributed by atoms with van der Waals surface area (Å²) in [4.78, 5) is 10.5. The van der Waals surface area contributed by atoms with Crippen LogP contribution >= 0.6 is 0 Å². The van der Waals surface area contributed by atoms with Gasteiger partial charge in [0.2, 0.25) is 5.91 Å². The van der Waals surface area contributed by atoms with E-state index in [1.165, 1.54) is 6.92 Å². The fourth-order valence-corrected chi connectivity index (χ4v) is 0.689. The molecule has 0 fully saturated rings. The monoisotopic (exact) mass is 139 g/mol. The molecule has 1 N–H and O–H groups in total. The minimum atomic E-state index is -0.0759. The molecule has 1 aromatic rings. The Hall–Kier alpha value is -1.32. The largest absolute Gasteiger partial charge is 0.324 e. The second-order valence-corrected chi connectivity index (χ2v) is 2.08. The van der Waals surface area contributed by atoms with Crippen molar-refractivity contribution < 1.29 is 4.79 Å². The topological polar surface area (TPSA) is 46.9 Å². The van der Waals surface area contributed by atoms with Crippen LogP contribution in [0.25, 0.3) is 0 Å². The number of aromatic nitrogens is 2. The van der Waals surface area contributed by atoms with Crippen LogP contribution in [0.15, 0.2) is 12.4 Å². The summed E-state index contributed by atoms with van der Waals surface area (Å²) >= 11 is 0. The van der Waals surface area contributed by atoms with E-state index >= 15 is 0 Å². The van der Waals surface area contributed by atoms with Gasteiger partial charge in [-0.1, -0.05) is 0 Å². The molecule has 4 nitrogen and oxygen atoms in total. The zero-order valence-corrected chi connectivity index (χ0v) is 5.96. The summed E-state index contributed by atoms with van der Waals surface area (Å²) in [6.07, 6.45) is 3.34. The maximum atomic E-state index is 10.5. The van der Waals surface area contributed by atoms with Gasteiger partial charge in [-0.05, 0) is 0 Å². The molecule has 0 aliphatic carbocycles. The van der Waals surface area contributed by atoms with Gasteiger partial charge in [-0.2, -0.15) is 5.10 Å². The average Bonchev–Trinajstić information content (AvgIpc) is 2.13. The Morgan fingerprint density at radius 2 is 2.50 bits per heavy atom. The molecule has 0 bridgehead atoms. The molecule has 1 aromatic heterocycles. The molecule has 10 heavy (non-hydrogen) atoms. The van der Waals surface area contributed by atoms with Crippen molar-refractivity contribution >= 4 is 11.6 Å². The molecule has 0 saturated heterocycles. The number of carbonyl (C=O) groups excluding carboxylic acids is 1. The lowest BCUT2D eigenvalue weighted by Crippen LogP contribution is -2.04. The Kier molecular flexibility index (Phi) is 1.71. The summed E-state index contributed by atoms with van der Waals surface area (Å²) in [5.41, 5.74) is 0.731. The molecule has 0 aliphatic heterocycles. The minimum Gasteiger partial charge on any atom is -0.324 e. The number of nitrogens with one attached hydrogen (secondary N) is 1. The number of amides is 1. The molecule has 1 heterocycles. The maximum absolute atomic E-state index is 10.5. The summed E-state index contributed by atoms with van der Waals surface area (Å²) in [6, 6.07) is 0. The number of rotatable bonds is 1. The lowest BCUT2D eigenvalue weighted by atomic mass is 10.5. The smallest absolute Gasteiger partial charge is 0.221 e. The highest BCUT2D eigenvalue weighted by Crippen LogP contribution is 2.01. The fraction of sp³-hybridized carbons (Fsp3) is 0.333. The van der Waals surface area contributed by atoms with Crippen LogP contribution in [0.5, 0.6) is 0 Å². The third-order valence-electron chi connectivity index (χ3n) is 1.03. The van der Waals surface area contributed by atoms with Gasteiger partial charge in [0.25, 0.3) is 0 Å². The molecule has 4 heteroatoms. The maximum Gasteiger partial charge on any atom is 0.221 e. The second-order valence-electron chi connectivity index (χ2n) is 2.08. The molecule has 0 aliphatic rings. The molecular weight excluding hydrogens is 130 g/mol. The Morgan fingerprint density at radius 1 is 1.80 bits per heavy atom. The predicted molar refractivity (Wildman–Crippen MR) is 37.5 cm³/mol. The summed E-state index contributed by atoms with van der Waals surface area (Å²) < 4.78 is 1.63. The van der Waals surface area contributed by atoms with Crippen molar-refractivity contribution in [3.63, 3.8) is 0 Å². The molecule has 1 rings (SSSR count). The first kappa shape index (κ1) is 6.80. The summed E-state index contributed by atoms with van der Waals surface area (Å²) in [6.45, 7) is 1.47. The van der Waals surface area contributed by atoms with E-state index in [9.17, 15) is 4.79 Å². The standard InChI is InChI=1S/C6H9N3O/c1-5(10)8-6-3-7-9(2)4-6/h3-4H,1-2H3,(H,8,10). The van der Waals surface area contributed by atoms with Crippen LogP contribution in [0.2, 0.25) is 0 Å². The molecule has 0 unspecified atom stereocenters. The van der Waals surface area contributed by atoms with Crippen LogP contribution in [0.3, 0.4) is 0 Å². The van der Waals surface area contributed by atoms with Gasteiger partial charge in [-0.3, -0.25) is 9.48 Å². The first-order valence-corrected chi connectivity index (χ1v) is 2.95. The van der Waals surface area contributed by atoms with E-state index in [0.29, 0.717) is 0 Å².